The van der Waals surface area contributed by atoms with E-state index in [-0.39, 0.29) is 47.8 Å². The molecule has 3 amide bonds. The number of hydrogen-bond acceptors (Lipinski definition) is 3. The van der Waals surface area contributed by atoms with Gasteiger partial charge < -0.3 is 0 Å². The lowest BCUT2D eigenvalue weighted by atomic mass is 9.63. The zero-order valence-electron chi connectivity index (χ0n) is 13.1. The van der Waals surface area contributed by atoms with Crippen molar-refractivity contribution in [3.05, 3.63) is 48.0 Å². The number of carbonyl (C=O) groups is 3. The van der Waals surface area contributed by atoms with Crippen LogP contribution >= 0.6 is 0 Å². The highest BCUT2D eigenvalue weighted by molar-refractivity contribution is 6.07. The van der Waals surface area contributed by atoms with Crippen molar-refractivity contribution in [2.75, 3.05) is 0 Å². The van der Waals surface area contributed by atoms with Crippen LogP contribution in [0.4, 0.5) is 0 Å². The van der Waals surface area contributed by atoms with Gasteiger partial charge in [0.05, 0.1) is 18.3 Å². The van der Waals surface area contributed by atoms with Gasteiger partial charge in [0.25, 0.3) is 11.8 Å². The second-order valence-corrected chi connectivity index (χ2v) is 7.36. The van der Waals surface area contributed by atoms with Crippen molar-refractivity contribution in [2.45, 2.75) is 12.8 Å². The van der Waals surface area contributed by atoms with Crippen LogP contribution in [0.5, 0.6) is 0 Å². The Morgan fingerprint density at radius 2 is 1.58 bits per heavy atom. The maximum atomic E-state index is 12.7. The molecule has 6 rings (SSSR count). The fourth-order valence-electron chi connectivity index (χ4n) is 5.01. The molecule has 1 N–H and O–H groups in total. The average molecular weight is 322 g/mol. The quantitative estimate of drug-likeness (QED) is 0.674. The molecule has 3 fully saturated rings. The number of imide groups is 1. The van der Waals surface area contributed by atoms with Crippen LogP contribution in [0.3, 0.4) is 0 Å². The van der Waals surface area contributed by atoms with Gasteiger partial charge in [0.1, 0.15) is 0 Å². The summed E-state index contributed by atoms with van der Waals surface area (Å²) in [6, 6.07) is 9.31. The van der Waals surface area contributed by atoms with E-state index < -0.39 is 0 Å². The Balaban J connectivity index is 1.34. The van der Waals surface area contributed by atoms with Crippen LogP contribution < -0.4 is 5.43 Å². The van der Waals surface area contributed by atoms with E-state index in [2.05, 4.69) is 17.6 Å². The van der Waals surface area contributed by atoms with E-state index in [1.807, 2.05) is 30.3 Å². The summed E-state index contributed by atoms with van der Waals surface area (Å²) in [7, 11) is 0. The molecular formula is C19H18N2O3. The number of carbonyl (C=O) groups excluding carboxylic acids is 3. The lowest BCUT2D eigenvalue weighted by molar-refractivity contribution is -0.149. The molecule has 1 aliphatic heterocycles. The highest BCUT2D eigenvalue weighted by Gasteiger charge is 2.67. The largest absolute Gasteiger partial charge is 0.273 e. The molecule has 2 saturated carbocycles. The number of nitrogens with zero attached hydrogens (tertiary/aromatic N) is 1. The third-order valence-corrected chi connectivity index (χ3v) is 6.11. The van der Waals surface area contributed by atoms with E-state index in [0.29, 0.717) is 11.8 Å². The van der Waals surface area contributed by atoms with Crippen molar-refractivity contribution < 1.29 is 14.4 Å². The minimum atomic E-state index is -0.327. The van der Waals surface area contributed by atoms with Crippen LogP contribution in [0.1, 0.15) is 12.0 Å². The van der Waals surface area contributed by atoms with E-state index in [9.17, 15) is 14.4 Å². The molecule has 0 radical (unpaired) electrons. The molecule has 1 saturated heterocycles. The van der Waals surface area contributed by atoms with Gasteiger partial charge in [-0.15, -0.1) is 0 Å². The Morgan fingerprint density at radius 1 is 1.00 bits per heavy atom. The first-order valence-corrected chi connectivity index (χ1v) is 8.54. The first kappa shape index (κ1) is 14.0. The van der Waals surface area contributed by atoms with Gasteiger partial charge in [0, 0.05) is 0 Å². The van der Waals surface area contributed by atoms with Crippen molar-refractivity contribution in [1.82, 2.24) is 10.4 Å². The van der Waals surface area contributed by atoms with Crippen LogP contribution in [0, 0.1) is 35.5 Å². The summed E-state index contributed by atoms with van der Waals surface area (Å²) in [5.41, 5.74) is 3.41. The van der Waals surface area contributed by atoms with E-state index in [1.54, 1.807) is 0 Å². The molecular weight excluding hydrogens is 304 g/mol. The third kappa shape index (κ3) is 1.84. The fraction of sp³-hybridized carbons (Fsp3) is 0.421. The van der Waals surface area contributed by atoms with Crippen molar-refractivity contribution >= 4 is 17.7 Å². The van der Waals surface area contributed by atoms with Crippen molar-refractivity contribution in [3.63, 3.8) is 0 Å². The molecule has 122 valence electrons. The summed E-state index contributed by atoms with van der Waals surface area (Å²) in [5, 5.41) is 0.998. The van der Waals surface area contributed by atoms with Crippen LogP contribution in [0.25, 0.3) is 0 Å². The topological polar surface area (TPSA) is 66.5 Å². The Hall–Kier alpha value is -2.43. The number of allylic oxidation sites excluding steroid dienone is 2. The van der Waals surface area contributed by atoms with Crippen LogP contribution in [-0.2, 0) is 20.8 Å². The molecule has 24 heavy (non-hydrogen) atoms. The summed E-state index contributed by atoms with van der Waals surface area (Å²) in [6.07, 6.45) is 5.54. The van der Waals surface area contributed by atoms with Gasteiger partial charge in [-0.1, -0.05) is 42.5 Å². The van der Waals surface area contributed by atoms with E-state index in [0.717, 1.165) is 17.0 Å². The van der Waals surface area contributed by atoms with Gasteiger partial charge in [-0.3, -0.25) is 19.8 Å². The number of rotatable bonds is 3. The predicted octanol–water partition coefficient (Wildman–Crippen LogP) is 1.31. The molecule has 5 aliphatic rings. The van der Waals surface area contributed by atoms with Crippen LogP contribution in [0.2, 0.25) is 0 Å². The van der Waals surface area contributed by atoms with Crippen molar-refractivity contribution in [3.8, 4) is 0 Å². The summed E-state index contributed by atoms with van der Waals surface area (Å²) in [5.74, 6) is 0.173. The predicted molar refractivity (Wildman–Crippen MR) is 84.8 cm³/mol. The van der Waals surface area contributed by atoms with Gasteiger partial charge in [0.2, 0.25) is 5.91 Å². The molecule has 5 nitrogen and oxygen atoms in total. The fourth-order valence-corrected chi connectivity index (χ4v) is 5.01. The first-order chi connectivity index (χ1) is 11.6. The number of hydrazine groups is 1. The zero-order valence-corrected chi connectivity index (χ0v) is 13.1. The maximum absolute atomic E-state index is 12.7. The zero-order chi connectivity index (χ0) is 16.4. The number of benzene rings is 1. The normalized spacial score (nSPS) is 38.1. The molecule has 5 heteroatoms. The van der Waals surface area contributed by atoms with E-state index in [4.69, 9.17) is 0 Å². The summed E-state index contributed by atoms with van der Waals surface area (Å²) in [6.45, 7) is 0. The van der Waals surface area contributed by atoms with Crippen molar-refractivity contribution in [2.24, 2.45) is 35.5 Å². The molecule has 1 aromatic rings. The highest BCUT2D eigenvalue weighted by atomic mass is 16.2. The molecule has 2 bridgehead atoms. The van der Waals surface area contributed by atoms with Crippen LogP contribution in [-0.4, -0.2) is 22.7 Å². The second kappa shape index (κ2) is 4.79. The molecule has 0 aromatic heterocycles. The summed E-state index contributed by atoms with van der Waals surface area (Å²) in [4.78, 5) is 37.7. The standard InChI is InChI=1S/C19H18N2O3/c22-15(8-10-4-2-1-3-5-10)20-21-18(23)16-11-6-7-12(14-9-13(11)14)17(16)19(21)24/h1-7,11-14,16-17H,8-9H2,(H,20,22)/t11-,12-,13-,14+,16+,17+/m0/s1. The van der Waals surface area contributed by atoms with Gasteiger partial charge in [0.15, 0.2) is 0 Å². The Labute approximate surface area is 139 Å². The summed E-state index contributed by atoms with van der Waals surface area (Å²) >= 11 is 0. The lowest BCUT2D eigenvalue weighted by Crippen LogP contribution is -2.47. The molecule has 0 spiro atoms. The SMILES string of the molecule is O=C(Cc1ccccc1)NN1C(=O)[C@@H]2[C@H]3C=C[C@@H]([C@@H]4C[C@H]34)[C@H]2C1=O. The minimum absolute atomic E-state index is 0.156. The highest BCUT2D eigenvalue weighted by Crippen LogP contribution is 2.65. The van der Waals surface area contributed by atoms with Gasteiger partial charge in [-0.25, -0.2) is 0 Å². The Kier molecular flexibility index (Phi) is 2.78. The van der Waals surface area contributed by atoms with E-state index in [1.165, 1.54) is 0 Å². The molecule has 1 aromatic carbocycles. The van der Waals surface area contributed by atoms with Crippen LogP contribution in [0.15, 0.2) is 42.5 Å². The second-order valence-electron chi connectivity index (χ2n) is 7.36. The molecule has 0 unspecified atom stereocenters. The first-order valence-electron chi connectivity index (χ1n) is 8.54. The Bertz CT molecular complexity index is 736. The Morgan fingerprint density at radius 3 is 2.17 bits per heavy atom. The molecule has 4 aliphatic carbocycles. The minimum Gasteiger partial charge on any atom is -0.273 e. The average Bonchev–Trinajstić information content (AvgIpc) is 3.37. The summed E-state index contributed by atoms with van der Waals surface area (Å²) < 4.78 is 0. The van der Waals surface area contributed by atoms with Crippen molar-refractivity contribution in [1.29, 1.82) is 0 Å². The lowest BCUT2D eigenvalue weighted by Gasteiger charge is -2.37. The number of hydrogen-bond donors (Lipinski definition) is 1. The smallest absolute Gasteiger partial charge is 0.252 e. The van der Waals surface area contributed by atoms with E-state index >= 15 is 0 Å². The molecule has 6 atom stereocenters. The third-order valence-electron chi connectivity index (χ3n) is 6.11. The number of nitrogens with one attached hydrogen (secondary N) is 1. The monoisotopic (exact) mass is 322 g/mol. The van der Waals surface area contributed by atoms with Gasteiger partial charge in [-0.2, -0.15) is 5.01 Å². The maximum Gasteiger partial charge on any atom is 0.252 e. The number of amides is 3. The van der Waals surface area contributed by atoms with Gasteiger partial charge >= 0.3 is 0 Å². The molecule has 1 heterocycles. The van der Waals surface area contributed by atoms with Gasteiger partial charge in [-0.05, 0) is 35.7 Å².